The first kappa shape index (κ1) is 18.7. The van der Waals surface area contributed by atoms with Crippen molar-refractivity contribution in [3.05, 3.63) is 29.3 Å². The van der Waals surface area contributed by atoms with Crippen molar-refractivity contribution in [2.75, 3.05) is 18.5 Å². The van der Waals surface area contributed by atoms with Crippen molar-refractivity contribution < 1.29 is 23.9 Å². The van der Waals surface area contributed by atoms with Gasteiger partial charge in [-0.05, 0) is 62.1 Å². The lowest BCUT2D eigenvalue weighted by molar-refractivity contribution is -0.154. The van der Waals surface area contributed by atoms with E-state index in [0.29, 0.717) is 5.69 Å². The summed E-state index contributed by atoms with van der Waals surface area (Å²) in [6, 6.07) is 5.55. The fraction of sp³-hybridized carbons (Fsp3) is 0.524. The van der Waals surface area contributed by atoms with Gasteiger partial charge in [-0.3, -0.25) is 24.1 Å². The number of ether oxygens (including phenoxy) is 1. The van der Waals surface area contributed by atoms with Gasteiger partial charge in [-0.25, -0.2) is 0 Å². The topological polar surface area (TPSA) is 92.8 Å². The summed E-state index contributed by atoms with van der Waals surface area (Å²) in [6.07, 6.45) is 2.92. The Bertz CT molecular complexity index is 836. The monoisotopic (exact) mass is 384 g/mol. The highest BCUT2D eigenvalue weighted by Gasteiger charge is 2.61. The molecule has 1 aromatic carbocycles. The first-order valence-corrected chi connectivity index (χ1v) is 9.73. The van der Waals surface area contributed by atoms with Gasteiger partial charge in [0.1, 0.15) is 6.54 Å². The Morgan fingerprint density at radius 3 is 2.39 bits per heavy atom. The number of hydrogen-bond acceptors (Lipinski definition) is 5. The second-order valence-corrected chi connectivity index (χ2v) is 8.10. The van der Waals surface area contributed by atoms with E-state index in [1.807, 2.05) is 26.0 Å². The minimum atomic E-state index is -0.745. The van der Waals surface area contributed by atoms with Crippen molar-refractivity contribution in [1.82, 2.24) is 4.90 Å². The van der Waals surface area contributed by atoms with Crippen LogP contribution in [0.25, 0.3) is 0 Å². The number of rotatable bonds is 5. The van der Waals surface area contributed by atoms with Crippen molar-refractivity contribution in [3.8, 4) is 0 Å². The van der Waals surface area contributed by atoms with E-state index in [9.17, 15) is 19.2 Å². The summed E-state index contributed by atoms with van der Waals surface area (Å²) in [7, 11) is 0. The summed E-state index contributed by atoms with van der Waals surface area (Å²) in [5.41, 5.74) is 2.64. The highest BCUT2D eigenvalue weighted by atomic mass is 16.5. The number of nitrogens with zero attached hydrogens (tertiary/aromatic N) is 1. The van der Waals surface area contributed by atoms with Crippen molar-refractivity contribution in [2.24, 2.45) is 23.7 Å². The van der Waals surface area contributed by atoms with Crippen LogP contribution < -0.4 is 5.32 Å². The highest BCUT2D eigenvalue weighted by Crippen LogP contribution is 2.56. The zero-order valence-electron chi connectivity index (χ0n) is 16.1. The van der Waals surface area contributed by atoms with Gasteiger partial charge in [0.25, 0.3) is 5.91 Å². The second kappa shape index (κ2) is 7.04. The molecule has 7 heteroatoms. The lowest BCUT2D eigenvalue weighted by Gasteiger charge is -2.19. The average Bonchev–Trinajstić information content (AvgIpc) is 3.34. The van der Waals surface area contributed by atoms with E-state index in [0.717, 1.165) is 35.3 Å². The van der Waals surface area contributed by atoms with Gasteiger partial charge in [0.05, 0.1) is 11.8 Å². The number of esters is 1. The van der Waals surface area contributed by atoms with Gasteiger partial charge in [0.15, 0.2) is 6.61 Å². The third-order valence-corrected chi connectivity index (χ3v) is 6.55. The fourth-order valence-electron chi connectivity index (χ4n) is 5.02. The van der Waals surface area contributed by atoms with Crippen molar-refractivity contribution in [3.63, 3.8) is 0 Å². The molecule has 2 saturated carbocycles. The van der Waals surface area contributed by atoms with Crippen LogP contribution in [0.5, 0.6) is 0 Å². The van der Waals surface area contributed by atoms with Crippen LogP contribution in [0, 0.1) is 37.5 Å². The highest BCUT2D eigenvalue weighted by molar-refractivity contribution is 6.08. The summed E-state index contributed by atoms with van der Waals surface area (Å²) in [5, 5.41) is 2.71. The van der Waals surface area contributed by atoms with Crippen LogP contribution in [0.3, 0.4) is 0 Å². The normalized spacial score (nSPS) is 27.9. The van der Waals surface area contributed by atoms with Gasteiger partial charge in [-0.15, -0.1) is 0 Å². The quantitative estimate of drug-likeness (QED) is 0.617. The predicted octanol–water partition coefficient (Wildman–Crippen LogP) is 1.82. The van der Waals surface area contributed by atoms with E-state index in [1.165, 1.54) is 0 Å². The maximum absolute atomic E-state index is 12.6. The molecule has 7 nitrogen and oxygen atoms in total. The molecule has 2 bridgehead atoms. The van der Waals surface area contributed by atoms with Gasteiger partial charge in [0, 0.05) is 5.69 Å². The predicted molar refractivity (Wildman–Crippen MR) is 100 cm³/mol. The molecule has 4 rings (SSSR count). The molecule has 1 heterocycles. The Morgan fingerprint density at radius 1 is 1.11 bits per heavy atom. The van der Waals surface area contributed by atoms with Gasteiger partial charge in [-0.2, -0.15) is 0 Å². The molecule has 0 radical (unpaired) electrons. The Morgan fingerprint density at radius 2 is 1.75 bits per heavy atom. The Kier molecular flexibility index (Phi) is 4.69. The number of carbonyl (C=O) groups is 4. The van der Waals surface area contributed by atoms with Crippen LogP contribution in [0.15, 0.2) is 18.2 Å². The number of aryl methyl sites for hydroxylation is 1. The standard InChI is InChI=1S/C21H24N2O5/c1-11-4-3-5-15(12(11)2)22-16(24)10-28-17(25)9-23-20(26)18-13-6-7-14(8-13)19(18)21(23)27/h3-5,13-14,18-19H,6-10H2,1-2H3,(H,22,24)/t13-,14-,18+,19+/m0/s1. The molecular formula is C21H24N2O5. The average molecular weight is 384 g/mol. The zero-order chi connectivity index (χ0) is 20.0. The minimum Gasteiger partial charge on any atom is -0.454 e. The molecule has 3 aliphatic rings. The number of benzene rings is 1. The van der Waals surface area contributed by atoms with Gasteiger partial charge in [-0.1, -0.05) is 12.1 Å². The lowest BCUT2D eigenvalue weighted by Crippen LogP contribution is -2.38. The number of anilines is 1. The number of amides is 3. The molecule has 3 fully saturated rings. The maximum atomic E-state index is 12.6. The number of likely N-dealkylation sites (tertiary alicyclic amines) is 1. The second-order valence-electron chi connectivity index (χ2n) is 8.10. The molecule has 1 aliphatic heterocycles. The number of carbonyl (C=O) groups excluding carboxylic acids is 4. The molecule has 1 aromatic rings. The van der Waals surface area contributed by atoms with E-state index < -0.39 is 25.0 Å². The van der Waals surface area contributed by atoms with Crippen molar-refractivity contribution in [1.29, 1.82) is 0 Å². The van der Waals surface area contributed by atoms with E-state index in [-0.39, 0.29) is 35.5 Å². The molecule has 148 valence electrons. The number of imide groups is 1. The molecule has 3 amide bonds. The van der Waals surface area contributed by atoms with Crippen LogP contribution in [-0.2, 0) is 23.9 Å². The Labute approximate surface area is 163 Å². The molecule has 0 aromatic heterocycles. The Balaban J connectivity index is 1.30. The minimum absolute atomic E-state index is 0.251. The summed E-state index contributed by atoms with van der Waals surface area (Å²) >= 11 is 0. The molecule has 0 unspecified atom stereocenters. The van der Waals surface area contributed by atoms with Crippen LogP contribution in [-0.4, -0.2) is 41.7 Å². The van der Waals surface area contributed by atoms with Crippen LogP contribution in [0.4, 0.5) is 5.69 Å². The first-order chi connectivity index (χ1) is 13.4. The number of nitrogens with one attached hydrogen (secondary N) is 1. The van der Waals surface area contributed by atoms with Crippen molar-refractivity contribution >= 4 is 29.4 Å². The third-order valence-electron chi connectivity index (χ3n) is 6.55. The maximum Gasteiger partial charge on any atom is 0.326 e. The van der Waals surface area contributed by atoms with E-state index in [1.54, 1.807) is 6.07 Å². The molecule has 1 N–H and O–H groups in total. The van der Waals surface area contributed by atoms with Gasteiger partial charge in [0.2, 0.25) is 11.8 Å². The number of fused-ring (bicyclic) bond motifs is 5. The molecule has 28 heavy (non-hydrogen) atoms. The molecule has 4 atom stereocenters. The molecule has 2 aliphatic carbocycles. The SMILES string of the molecule is Cc1cccc(NC(=O)COC(=O)CN2C(=O)[C@@H]3[C@H]4CC[C@@H](C4)[C@H]3C2=O)c1C. The number of hydrogen-bond donors (Lipinski definition) is 1. The summed E-state index contributed by atoms with van der Waals surface area (Å²) in [4.78, 5) is 50.4. The largest absolute Gasteiger partial charge is 0.454 e. The van der Waals surface area contributed by atoms with Crippen LogP contribution >= 0.6 is 0 Å². The van der Waals surface area contributed by atoms with E-state index >= 15 is 0 Å². The first-order valence-electron chi connectivity index (χ1n) is 9.73. The Hall–Kier alpha value is -2.70. The zero-order valence-corrected chi connectivity index (χ0v) is 16.1. The smallest absolute Gasteiger partial charge is 0.326 e. The van der Waals surface area contributed by atoms with Gasteiger partial charge < -0.3 is 10.1 Å². The van der Waals surface area contributed by atoms with Gasteiger partial charge >= 0.3 is 5.97 Å². The lowest BCUT2D eigenvalue weighted by atomic mass is 9.81. The van der Waals surface area contributed by atoms with Crippen LogP contribution in [0.1, 0.15) is 30.4 Å². The van der Waals surface area contributed by atoms with Crippen LogP contribution in [0.2, 0.25) is 0 Å². The molecule has 1 saturated heterocycles. The summed E-state index contributed by atoms with van der Waals surface area (Å²) < 4.78 is 5.00. The van der Waals surface area contributed by atoms with E-state index in [2.05, 4.69) is 5.32 Å². The van der Waals surface area contributed by atoms with E-state index in [4.69, 9.17) is 4.74 Å². The molecule has 0 spiro atoms. The molecular weight excluding hydrogens is 360 g/mol. The summed E-state index contributed by atoms with van der Waals surface area (Å²) in [6.45, 7) is 2.96. The third kappa shape index (κ3) is 3.08. The fourth-order valence-corrected chi connectivity index (χ4v) is 5.02. The summed E-state index contributed by atoms with van der Waals surface area (Å²) in [5.74, 6) is -1.68. The van der Waals surface area contributed by atoms with Crippen molar-refractivity contribution in [2.45, 2.75) is 33.1 Å².